The lowest BCUT2D eigenvalue weighted by atomic mass is 9.94. The van der Waals surface area contributed by atoms with Gasteiger partial charge in [0.05, 0.1) is 0 Å². The van der Waals surface area contributed by atoms with Gasteiger partial charge >= 0.3 is 6.09 Å². The summed E-state index contributed by atoms with van der Waals surface area (Å²) < 4.78 is 5.54. The van der Waals surface area contributed by atoms with Crippen molar-refractivity contribution in [3.63, 3.8) is 0 Å². The Morgan fingerprint density at radius 1 is 0.926 bits per heavy atom. The molecule has 27 heavy (non-hydrogen) atoms. The van der Waals surface area contributed by atoms with Gasteiger partial charge in [-0.25, -0.2) is 4.79 Å². The van der Waals surface area contributed by atoms with Gasteiger partial charge in [-0.05, 0) is 84.7 Å². The third-order valence-corrected chi connectivity index (χ3v) is 6.49. The molecule has 3 fully saturated rings. The van der Waals surface area contributed by atoms with Gasteiger partial charge in [-0.3, -0.25) is 0 Å². The van der Waals surface area contributed by atoms with Gasteiger partial charge in [0.2, 0.25) is 0 Å². The van der Waals surface area contributed by atoms with Crippen LogP contribution in [0.1, 0.15) is 66.2 Å². The van der Waals surface area contributed by atoms with Crippen LogP contribution >= 0.6 is 0 Å². The Kier molecular flexibility index (Phi) is 7.07. The molecule has 0 aliphatic carbocycles. The zero-order valence-electron chi connectivity index (χ0n) is 18.1. The van der Waals surface area contributed by atoms with Gasteiger partial charge < -0.3 is 19.4 Å². The van der Waals surface area contributed by atoms with E-state index in [2.05, 4.69) is 16.7 Å². The molecule has 0 saturated carbocycles. The Morgan fingerprint density at radius 2 is 1.70 bits per heavy atom. The predicted octanol–water partition coefficient (Wildman–Crippen LogP) is 3.83. The Morgan fingerprint density at radius 3 is 2.44 bits per heavy atom. The summed E-state index contributed by atoms with van der Waals surface area (Å²) in [6.45, 7) is 16.1. The lowest BCUT2D eigenvalue weighted by Crippen LogP contribution is -2.46. The first-order valence-electron chi connectivity index (χ1n) is 11.2. The first-order valence-corrected chi connectivity index (χ1v) is 11.2. The molecule has 0 aromatic carbocycles. The van der Waals surface area contributed by atoms with Crippen LogP contribution in [0.2, 0.25) is 0 Å². The summed E-state index contributed by atoms with van der Waals surface area (Å²) in [4.78, 5) is 19.6. The van der Waals surface area contributed by atoms with E-state index in [1.54, 1.807) is 0 Å². The number of amides is 1. The molecule has 0 unspecified atom stereocenters. The summed E-state index contributed by atoms with van der Waals surface area (Å²) in [5.41, 5.74) is -0.402. The van der Waals surface area contributed by atoms with Crippen molar-refractivity contribution in [1.29, 1.82) is 0 Å². The normalized spacial score (nSPS) is 31.3. The molecule has 5 nitrogen and oxygen atoms in total. The fourth-order valence-electron chi connectivity index (χ4n) is 5.07. The molecule has 3 rings (SSSR count). The minimum Gasteiger partial charge on any atom is -0.444 e. The first kappa shape index (κ1) is 20.9. The summed E-state index contributed by atoms with van der Waals surface area (Å²) in [6.07, 6.45) is 7.85. The van der Waals surface area contributed by atoms with Gasteiger partial charge in [0, 0.05) is 38.8 Å². The van der Waals surface area contributed by atoms with Crippen molar-refractivity contribution in [2.45, 2.75) is 77.9 Å². The molecule has 0 bridgehead atoms. The van der Waals surface area contributed by atoms with E-state index in [-0.39, 0.29) is 6.09 Å². The van der Waals surface area contributed by atoms with E-state index < -0.39 is 5.60 Å². The van der Waals surface area contributed by atoms with Crippen LogP contribution in [0, 0.1) is 11.8 Å². The third kappa shape index (κ3) is 6.35. The Labute approximate surface area is 166 Å². The van der Waals surface area contributed by atoms with Gasteiger partial charge in [-0.2, -0.15) is 0 Å². The van der Waals surface area contributed by atoms with Crippen LogP contribution < -0.4 is 0 Å². The van der Waals surface area contributed by atoms with Crippen LogP contribution in [0.5, 0.6) is 0 Å². The number of piperidine rings is 2. The number of ether oxygens (including phenoxy) is 1. The van der Waals surface area contributed by atoms with Crippen LogP contribution in [0.3, 0.4) is 0 Å². The number of carbonyl (C=O) groups excluding carboxylic acids is 1. The molecule has 3 saturated heterocycles. The number of rotatable bonds is 4. The Bertz CT molecular complexity index is 490. The van der Waals surface area contributed by atoms with Crippen molar-refractivity contribution in [2.24, 2.45) is 11.8 Å². The van der Waals surface area contributed by atoms with E-state index >= 15 is 0 Å². The maximum absolute atomic E-state index is 12.3. The molecule has 156 valence electrons. The molecule has 3 aliphatic heterocycles. The smallest absolute Gasteiger partial charge is 0.410 e. The van der Waals surface area contributed by atoms with Crippen molar-refractivity contribution in [2.75, 3.05) is 45.8 Å². The number of hydrogen-bond donors (Lipinski definition) is 0. The van der Waals surface area contributed by atoms with Crippen molar-refractivity contribution in [1.82, 2.24) is 14.7 Å². The quantitative estimate of drug-likeness (QED) is 0.744. The molecule has 3 aliphatic rings. The van der Waals surface area contributed by atoms with Crippen molar-refractivity contribution < 1.29 is 9.53 Å². The minimum absolute atomic E-state index is 0.138. The standard InChI is InChI=1S/C22H41N3O2/c1-18-8-5-6-12-24(18)16-19-9-7-11-23(14-19)15-20-10-13-25(17-20)21(26)27-22(2,3)4/h18-20H,5-17H2,1-4H3/t18-,19-,20-/m1/s1. The van der Waals surface area contributed by atoms with E-state index in [1.165, 1.54) is 58.3 Å². The number of nitrogens with zero attached hydrogens (tertiary/aromatic N) is 3. The second-order valence-electron chi connectivity index (χ2n) is 10.2. The zero-order chi connectivity index (χ0) is 19.4. The fraction of sp³-hybridized carbons (Fsp3) is 0.955. The maximum Gasteiger partial charge on any atom is 0.410 e. The number of hydrogen-bond acceptors (Lipinski definition) is 4. The summed E-state index contributed by atoms with van der Waals surface area (Å²) in [7, 11) is 0. The minimum atomic E-state index is -0.402. The van der Waals surface area contributed by atoms with Crippen LogP contribution in [0.25, 0.3) is 0 Å². The van der Waals surface area contributed by atoms with Crippen molar-refractivity contribution >= 4 is 6.09 Å². The van der Waals surface area contributed by atoms with Gasteiger partial charge in [0.25, 0.3) is 0 Å². The zero-order valence-corrected chi connectivity index (χ0v) is 18.1. The highest BCUT2D eigenvalue weighted by Crippen LogP contribution is 2.25. The summed E-state index contributed by atoms with van der Waals surface area (Å²) in [5.74, 6) is 1.42. The van der Waals surface area contributed by atoms with E-state index in [0.29, 0.717) is 5.92 Å². The summed E-state index contributed by atoms with van der Waals surface area (Å²) in [5, 5.41) is 0. The van der Waals surface area contributed by atoms with Crippen LogP contribution in [-0.4, -0.2) is 78.2 Å². The van der Waals surface area contributed by atoms with E-state index in [9.17, 15) is 4.79 Å². The molecular weight excluding hydrogens is 338 g/mol. The van der Waals surface area contributed by atoms with Gasteiger partial charge in [0.15, 0.2) is 0 Å². The third-order valence-electron chi connectivity index (χ3n) is 6.49. The van der Waals surface area contributed by atoms with E-state index in [4.69, 9.17) is 4.74 Å². The molecule has 5 heteroatoms. The highest BCUT2D eigenvalue weighted by Gasteiger charge is 2.32. The van der Waals surface area contributed by atoms with Gasteiger partial charge in [-0.15, -0.1) is 0 Å². The largest absolute Gasteiger partial charge is 0.444 e. The molecule has 0 aromatic heterocycles. The second kappa shape index (κ2) is 9.13. The SMILES string of the molecule is C[C@@H]1CCCCN1C[C@@H]1CCCN(C[C@H]2CCN(C(=O)OC(C)(C)C)C2)C1. The molecule has 0 N–H and O–H groups in total. The molecule has 0 spiro atoms. The molecule has 3 atom stereocenters. The average molecular weight is 380 g/mol. The molecule has 0 radical (unpaired) electrons. The molecule has 0 aromatic rings. The maximum atomic E-state index is 12.3. The van der Waals surface area contributed by atoms with E-state index in [1.807, 2.05) is 25.7 Å². The van der Waals surface area contributed by atoms with Crippen molar-refractivity contribution in [3.8, 4) is 0 Å². The topological polar surface area (TPSA) is 36.0 Å². The van der Waals surface area contributed by atoms with Crippen LogP contribution in [0.4, 0.5) is 4.79 Å². The van der Waals surface area contributed by atoms with Crippen LogP contribution in [-0.2, 0) is 4.74 Å². The highest BCUT2D eigenvalue weighted by atomic mass is 16.6. The predicted molar refractivity (Wildman–Crippen MR) is 110 cm³/mol. The van der Waals surface area contributed by atoms with E-state index in [0.717, 1.165) is 38.0 Å². The summed E-state index contributed by atoms with van der Waals surface area (Å²) >= 11 is 0. The first-order chi connectivity index (χ1) is 12.8. The molecule has 1 amide bonds. The van der Waals surface area contributed by atoms with Gasteiger partial charge in [-0.1, -0.05) is 6.42 Å². The Balaban J connectivity index is 1.42. The van der Waals surface area contributed by atoms with Crippen molar-refractivity contribution in [3.05, 3.63) is 0 Å². The van der Waals surface area contributed by atoms with Crippen LogP contribution in [0.15, 0.2) is 0 Å². The summed E-state index contributed by atoms with van der Waals surface area (Å²) in [6, 6.07) is 0.770. The average Bonchev–Trinajstić information content (AvgIpc) is 3.04. The Hall–Kier alpha value is -0.810. The second-order valence-corrected chi connectivity index (χ2v) is 10.2. The molecule has 3 heterocycles. The van der Waals surface area contributed by atoms with Gasteiger partial charge in [0.1, 0.15) is 5.60 Å². The molecular formula is C22H41N3O2. The lowest BCUT2D eigenvalue weighted by molar-refractivity contribution is 0.0282. The number of likely N-dealkylation sites (tertiary alicyclic amines) is 3. The lowest BCUT2D eigenvalue weighted by Gasteiger charge is -2.40. The fourth-order valence-corrected chi connectivity index (χ4v) is 5.07. The monoisotopic (exact) mass is 379 g/mol. The highest BCUT2D eigenvalue weighted by molar-refractivity contribution is 5.68. The number of carbonyl (C=O) groups is 1.